The van der Waals surface area contributed by atoms with Crippen LogP contribution in [0.15, 0.2) is 76.2 Å². The van der Waals surface area contributed by atoms with Crippen molar-refractivity contribution in [1.82, 2.24) is 0 Å². The third-order valence-corrected chi connectivity index (χ3v) is 6.67. The van der Waals surface area contributed by atoms with Crippen molar-refractivity contribution in [2.45, 2.75) is 18.1 Å². The fraction of sp³-hybridized carbons (Fsp3) is 0.125. The van der Waals surface area contributed by atoms with Crippen LogP contribution in [0, 0.1) is 5.82 Å². The van der Waals surface area contributed by atoms with Crippen molar-refractivity contribution in [3.8, 4) is 0 Å². The number of carbonyl (C=O) groups excluding carboxylic acids is 1. The van der Waals surface area contributed by atoms with Crippen LogP contribution in [0.25, 0.3) is 0 Å². The molecule has 3 aromatic rings. The fourth-order valence-electron chi connectivity index (χ4n) is 4.44. The standard InChI is InChI=1S/C24H14BrF4N3OS/c25-14-7-10-16-18(11-14)30-21(33)23(16)12-19(13-5-8-15(26)9-6-13)31-22(34)32(23)20-4-2-1-3-17(20)24(27,28)29/h1-11H,12H2,(H,30,33). The molecule has 0 aromatic heterocycles. The molecule has 1 N–H and O–H groups in total. The van der Waals surface area contributed by atoms with Crippen LogP contribution in [0.5, 0.6) is 0 Å². The van der Waals surface area contributed by atoms with Crippen molar-refractivity contribution in [3.05, 3.63) is 93.7 Å². The molecule has 0 bridgehead atoms. The smallest absolute Gasteiger partial charge is 0.323 e. The summed E-state index contributed by atoms with van der Waals surface area (Å²) in [6.07, 6.45) is -4.77. The summed E-state index contributed by atoms with van der Waals surface area (Å²) in [5.41, 5.74) is -1.02. The lowest BCUT2D eigenvalue weighted by atomic mass is 9.81. The number of para-hydroxylation sites is 1. The first-order valence-electron chi connectivity index (χ1n) is 10.1. The van der Waals surface area contributed by atoms with Crippen LogP contribution in [0.3, 0.4) is 0 Å². The van der Waals surface area contributed by atoms with E-state index in [0.29, 0.717) is 27.0 Å². The van der Waals surface area contributed by atoms with Crippen molar-refractivity contribution >= 4 is 56.3 Å². The summed E-state index contributed by atoms with van der Waals surface area (Å²) in [6.45, 7) is 0. The van der Waals surface area contributed by atoms with Crippen LogP contribution in [-0.2, 0) is 16.5 Å². The number of fused-ring (bicyclic) bond motifs is 2. The molecular formula is C24H14BrF4N3OS. The maximum absolute atomic E-state index is 14.0. The number of anilines is 2. The predicted octanol–water partition coefficient (Wildman–Crippen LogP) is 6.44. The highest BCUT2D eigenvalue weighted by Crippen LogP contribution is 2.50. The zero-order chi connectivity index (χ0) is 24.3. The number of hydrogen-bond acceptors (Lipinski definition) is 2. The molecule has 1 amide bonds. The quantitative estimate of drug-likeness (QED) is 0.296. The molecule has 1 spiro atoms. The van der Waals surface area contributed by atoms with E-state index in [1.807, 2.05) is 0 Å². The lowest BCUT2D eigenvalue weighted by Gasteiger charge is -2.44. The molecule has 4 nitrogen and oxygen atoms in total. The van der Waals surface area contributed by atoms with E-state index in [4.69, 9.17) is 12.2 Å². The highest BCUT2D eigenvalue weighted by molar-refractivity contribution is 9.10. The van der Waals surface area contributed by atoms with Gasteiger partial charge in [-0.3, -0.25) is 9.69 Å². The molecule has 2 aliphatic rings. The number of hydrogen-bond donors (Lipinski definition) is 1. The van der Waals surface area contributed by atoms with E-state index in [1.165, 1.54) is 47.4 Å². The van der Waals surface area contributed by atoms with Gasteiger partial charge >= 0.3 is 6.18 Å². The van der Waals surface area contributed by atoms with Gasteiger partial charge in [-0.2, -0.15) is 13.2 Å². The van der Waals surface area contributed by atoms with Gasteiger partial charge < -0.3 is 5.32 Å². The molecule has 2 heterocycles. The summed E-state index contributed by atoms with van der Waals surface area (Å²) < 4.78 is 56.2. The molecule has 34 heavy (non-hydrogen) atoms. The maximum atomic E-state index is 14.0. The maximum Gasteiger partial charge on any atom is 0.418 e. The molecule has 0 radical (unpaired) electrons. The third kappa shape index (κ3) is 3.52. The molecule has 1 atom stereocenters. The number of nitrogens with one attached hydrogen (secondary N) is 1. The van der Waals surface area contributed by atoms with Crippen molar-refractivity contribution in [3.63, 3.8) is 0 Å². The van der Waals surface area contributed by atoms with Gasteiger partial charge in [-0.15, -0.1) is 0 Å². The molecule has 172 valence electrons. The largest absolute Gasteiger partial charge is 0.418 e. The monoisotopic (exact) mass is 547 g/mol. The molecule has 1 unspecified atom stereocenters. The van der Waals surface area contributed by atoms with Crippen LogP contribution in [-0.4, -0.2) is 16.7 Å². The number of amides is 1. The van der Waals surface area contributed by atoms with Gasteiger partial charge in [0.2, 0.25) is 5.11 Å². The van der Waals surface area contributed by atoms with E-state index >= 15 is 0 Å². The average Bonchev–Trinajstić information content (AvgIpc) is 3.04. The number of rotatable bonds is 2. The Bertz CT molecular complexity index is 1370. The van der Waals surface area contributed by atoms with Gasteiger partial charge in [0.25, 0.3) is 5.91 Å². The van der Waals surface area contributed by atoms with Crippen LogP contribution in [0.4, 0.5) is 28.9 Å². The number of alkyl halides is 3. The Morgan fingerprint density at radius 3 is 2.47 bits per heavy atom. The molecule has 0 aliphatic carbocycles. The molecule has 5 rings (SSSR count). The van der Waals surface area contributed by atoms with Gasteiger partial charge in [0.1, 0.15) is 5.82 Å². The van der Waals surface area contributed by atoms with E-state index in [0.717, 1.165) is 6.07 Å². The number of benzene rings is 3. The van der Waals surface area contributed by atoms with Crippen molar-refractivity contribution < 1.29 is 22.4 Å². The van der Waals surface area contributed by atoms with Crippen LogP contribution in [0.2, 0.25) is 0 Å². The molecular weight excluding hydrogens is 534 g/mol. The lowest BCUT2D eigenvalue weighted by Crippen LogP contribution is -2.57. The second-order valence-electron chi connectivity index (χ2n) is 7.88. The van der Waals surface area contributed by atoms with E-state index < -0.39 is 29.0 Å². The van der Waals surface area contributed by atoms with E-state index in [-0.39, 0.29) is 17.2 Å². The fourth-order valence-corrected chi connectivity index (χ4v) is 5.17. The molecule has 10 heteroatoms. The predicted molar refractivity (Wildman–Crippen MR) is 129 cm³/mol. The second-order valence-corrected chi connectivity index (χ2v) is 9.16. The normalized spacial score (nSPS) is 19.8. The zero-order valence-electron chi connectivity index (χ0n) is 17.2. The molecule has 0 saturated carbocycles. The summed E-state index contributed by atoms with van der Waals surface area (Å²) in [7, 11) is 0. The van der Waals surface area contributed by atoms with Crippen molar-refractivity contribution in [2.75, 3.05) is 10.2 Å². The first-order chi connectivity index (χ1) is 16.1. The van der Waals surface area contributed by atoms with E-state index in [1.54, 1.807) is 18.2 Å². The summed E-state index contributed by atoms with van der Waals surface area (Å²) in [6, 6.07) is 15.5. The SMILES string of the molecule is O=C1Nc2cc(Br)ccc2C12CC(c1ccc(F)cc1)=NC(=S)N2c1ccccc1C(F)(F)F. The number of carbonyl (C=O) groups is 1. The van der Waals surface area contributed by atoms with Crippen molar-refractivity contribution in [1.29, 1.82) is 0 Å². The Hall–Kier alpha value is -3.11. The molecule has 2 aliphatic heterocycles. The highest BCUT2D eigenvalue weighted by Gasteiger charge is 2.56. The summed E-state index contributed by atoms with van der Waals surface area (Å²) in [5.74, 6) is -0.985. The summed E-state index contributed by atoms with van der Waals surface area (Å²) >= 11 is 8.88. The first kappa shape index (κ1) is 22.7. The van der Waals surface area contributed by atoms with E-state index in [2.05, 4.69) is 26.2 Å². The van der Waals surface area contributed by atoms with Gasteiger partial charge in [0.05, 0.1) is 17.0 Å². The lowest BCUT2D eigenvalue weighted by molar-refractivity contribution is -0.137. The summed E-state index contributed by atoms with van der Waals surface area (Å²) in [4.78, 5) is 19.2. The van der Waals surface area contributed by atoms with E-state index in [9.17, 15) is 22.4 Å². The highest BCUT2D eigenvalue weighted by atomic mass is 79.9. The Balaban J connectivity index is 1.78. The van der Waals surface area contributed by atoms with Gasteiger partial charge in [-0.05, 0) is 54.2 Å². The minimum atomic E-state index is -4.69. The van der Waals surface area contributed by atoms with Crippen LogP contribution < -0.4 is 10.2 Å². The Morgan fingerprint density at radius 1 is 1.06 bits per heavy atom. The minimum absolute atomic E-state index is 0.0779. The molecule has 0 saturated heterocycles. The Labute approximate surface area is 205 Å². The van der Waals surface area contributed by atoms with Gasteiger partial charge in [0.15, 0.2) is 5.54 Å². The zero-order valence-corrected chi connectivity index (χ0v) is 19.6. The van der Waals surface area contributed by atoms with Crippen molar-refractivity contribution in [2.24, 2.45) is 4.99 Å². The Morgan fingerprint density at radius 2 is 1.76 bits per heavy atom. The van der Waals surface area contributed by atoms with Gasteiger partial charge in [-0.25, -0.2) is 9.38 Å². The average molecular weight is 548 g/mol. The minimum Gasteiger partial charge on any atom is -0.323 e. The van der Waals surface area contributed by atoms with Gasteiger partial charge in [-0.1, -0.05) is 46.3 Å². The Kier molecular flexibility index (Phi) is 5.33. The van der Waals surface area contributed by atoms with Gasteiger partial charge in [0, 0.05) is 22.1 Å². The number of halogens is 5. The van der Waals surface area contributed by atoms with Crippen LogP contribution in [0.1, 0.15) is 23.1 Å². The molecule has 0 fully saturated rings. The number of aliphatic imine (C=N–C) groups is 1. The number of nitrogens with zero attached hydrogens (tertiary/aromatic N) is 2. The molecule has 3 aromatic carbocycles. The summed E-state index contributed by atoms with van der Waals surface area (Å²) in [5, 5.41) is 2.59. The topological polar surface area (TPSA) is 44.7 Å². The second kappa shape index (κ2) is 7.99. The first-order valence-corrected chi connectivity index (χ1v) is 11.3. The third-order valence-electron chi connectivity index (χ3n) is 5.91. The number of thiocarbonyl (C=S) groups is 1. The van der Waals surface area contributed by atoms with Crippen LogP contribution >= 0.6 is 28.1 Å².